The molecule has 1 amide bonds. The van der Waals surface area contributed by atoms with Crippen LogP contribution in [-0.4, -0.2) is 60.1 Å². The van der Waals surface area contributed by atoms with Gasteiger partial charge in [0.2, 0.25) is 12.3 Å². The molecule has 1 saturated heterocycles. The number of carbonyl (C=O) groups excluding carboxylic acids is 1. The number of aliphatic hydroxyl groups excluding tert-OH is 1. The van der Waals surface area contributed by atoms with Crippen LogP contribution in [0.15, 0.2) is 0 Å². The van der Waals surface area contributed by atoms with E-state index in [-0.39, 0.29) is 5.91 Å². The summed E-state index contributed by atoms with van der Waals surface area (Å²) in [5, 5.41) is 16.2. The Balaban J connectivity index is 2.63. The van der Waals surface area contributed by atoms with Gasteiger partial charge in [-0.3, -0.25) is 10.1 Å². The highest BCUT2D eigenvalue weighted by molar-refractivity contribution is 5.82. The molecule has 1 fully saturated rings. The van der Waals surface area contributed by atoms with E-state index in [9.17, 15) is 9.90 Å². The van der Waals surface area contributed by atoms with E-state index in [0.29, 0.717) is 25.4 Å². The van der Waals surface area contributed by atoms with Crippen LogP contribution < -0.4 is 10.6 Å². The van der Waals surface area contributed by atoms with E-state index in [2.05, 4.69) is 24.5 Å². The summed E-state index contributed by atoms with van der Waals surface area (Å²) in [6, 6.07) is -0.416. The van der Waals surface area contributed by atoms with Gasteiger partial charge in [0.1, 0.15) is 0 Å². The van der Waals surface area contributed by atoms with Crippen molar-refractivity contribution in [1.29, 1.82) is 0 Å². The fourth-order valence-electron chi connectivity index (χ4n) is 2.36. The minimum atomic E-state index is -1.14. The first-order valence-electron chi connectivity index (χ1n) is 7.80. The van der Waals surface area contributed by atoms with Crippen LogP contribution >= 0.6 is 0 Å². The van der Waals surface area contributed by atoms with Crippen molar-refractivity contribution in [3.63, 3.8) is 0 Å². The summed E-state index contributed by atoms with van der Waals surface area (Å²) in [7, 11) is 0. The molecule has 3 N–H and O–H groups in total. The van der Waals surface area contributed by atoms with E-state index in [0.717, 1.165) is 13.1 Å². The third kappa shape index (κ3) is 7.22. The Bertz CT molecular complexity index is 323. The smallest absolute Gasteiger partial charge is 0.239 e. The summed E-state index contributed by atoms with van der Waals surface area (Å²) < 4.78 is 5.45. The molecule has 6 heteroatoms. The zero-order valence-corrected chi connectivity index (χ0v) is 14.0. The lowest BCUT2D eigenvalue weighted by molar-refractivity contribution is -0.188. The van der Waals surface area contributed by atoms with Gasteiger partial charge in [-0.25, -0.2) is 0 Å². The van der Waals surface area contributed by atoms with Gasteiger partial charge in [-0.2, -0.15) is 0 Å². The summed E-state index contributed by atoms with van der Waals surface area (Å²) in [6.45, 7) is 12.8. The number of hydrogen-bond donors (Lipinski definition) is 3. The number of aliphatic hydroxyl groups is 1. The number of piperazine rings is 1. The maximum Gasteiger partial charge on any atom is 0.239 e. The van der Waals surface area contributed by atoms with E-state index in [4.69, 9.17) is 4.74 Å². The largest absolute Gasteiger partial charge is 0.356 e. The minimum Gasteiger partial charge on any atom is -0.356 e. The van der Waals surface area contributed by atoms with Crippen molar-refractivity contribution in [3.05, 3.63) is 0 Å². The first-order valence-corrected chi connectivity index (χ1v) is 7.80. The Labute approximate surface area is 128 Å². The molecule has 1 aliphatic rings. The van der Waals surface area contributed by atoms with E-state index in [1.165, 1.54) is 0 Å². The molecule has 2 atom stereocenters. The van der Waals surface area contributed by atoms with Gasteiger partial charge in [-0.15, -0.1) is 0 Å². The molecule has 0 radical (unpaired) electrons. The normalized spacial score (nSPS) is 19.7. The van der Waals surface area contributed by atoms with Crippen LogP contribution in [0.1, 0.15) is 41.0 Å². The lowest BCUT2D eigenvalue weighted by Crippen LogP contribution is -2.56. The Morgan fingerprint density at radius 3 is 2.38 bits per heavy atom. The topological polar surface area (TPSA) is 73.8 Å². The lowest BCUT2D eigenvalue weighted by Gasteiger charge is -2.33. The van der Waals surface area contributed by atoms with Gasteiger partial charge >= 0.3 is 0 Å². The number of nitrogens with one attached hydrogen (secondary N) is 2. The quantitative estimate of drug-likeness (QED) is 0.624. The maximum atomic E-state index is 12.6. The van der Waals surface area contributed by atoms with Crippen molar-refractivity contribution in [1.82, 2.24) is 15.5 Å². The number of rotatable bonds is 6. The summed E-state index contributed by atoms with van der Waals surface area (Å²) in [6.07, 6.45) is -0.464. The van der Waals surface area contributed by atoms with Crippen LogP contribution in [0.25, 0.3) is 0 Å². The van der Waals surface area contributed by atoms with Gasteiger partial charge < -0.3 is 20.1 Å². The summed E-state index contributed by atoms with van der Waals surface area (Å²) in [5.41, 5.74) is -0.465. The average molecular weight is 301 g/mol. The number of hydrogen-bond acceptors (Lipinski definition) is 5. The fraction of sp³-hybridized carbons (Fsp3) is 0.933. The van der Waals surface area contributed by atoms with E-state index < -0.39 is 18.1 Å². The Kier molecular flexibility index (Phi) is 7.06. The monoisotopic (exact) mass is 301 g/mol. The molecule has 1 unspecified atom stereocenters. The first-order chi connectivity index (χ1) is 9.69. The zero-order valence-electron chi connectivity index (χ0n) is 14.0. The van der Waals surface area contributed by atoms with E-state index >= 15 is 0 Å². The van der Waals surface area contributed by atoms with Gasteiger partial charge in [-0.1, -0.05) is 13.8 Å². The van der Waals surface area contributed by atoms with Crippen molar-refractivity contribution >= 4 is 5.91 Å². The molecular formula is C15H31N3O3. The SMILES string of the molecule is CC(C)C[C@H](NC(O)OC(C)(C)C)C(=O)N1CCNCC1. The maximum absolute atomic E-state index is 12.6. The van der Waals surface area contributed by atoms with Crippen LogP contribution in [0, 0.1) is 5.92 Å². The highest BCUT2D eigenvalue weighted by Crippen LogP contribution is 2.12. The highest BCUT2D eigenvalue weighted by atomic mass is 16.6. The van der Waals surface area contributed by atoms with Crippen LogP contribution in [-0.2, 0) is 9.53 Å². The third-order valence-corrected chi connectivity index (χ3v) is 3.24. The summed E-state index contributed by atoms with van der Waals surface area (Å²) in [4.78, 5) is 14.5. The predicted octanol–water partition coefficient (Wildman–Crippen LogP) is 0.514. The second kappa shape index (κ2) is 8.08. The molecule has 0 aromatic heterocycles. The summed E-state index contributed by atoms with van der Waals surface area (Å²) in [5.74, 6) is 0.401. The van der Waals surface area contributed by atoms with Crippen molar-refractivity contribution in [3.8, 4) is 0 Å². The van der Waals surface area contributed by atoms with Crippen LogP contribution in [0.5, 0.6) is 0 Å². The van der Waals surface area contributed by atoms with Crippen molar-refractivity contribution < 1.29 is 14.6 Å². The van der Waals surface area contributed by atoms with E-state index in [1.807, 2.05) is 25.7 Å². The minimum absolute atomic E-state index is 0.0433. The second-order valence-corrected chi connectivity index (χ2v) is 7.01. The van der Waals surface area contributed by atoms with Crippen LogP contribution in [0.2, 0.25) is 0 Å². The Hall–Kier alpha value is -0.690. The lowest BCUT2D eigenvalue weighted by atomic mass is 10.0. The molecule has 6 nitrogen and oxygen atoms in total. The van der Waals surface area contributed by atoms with Crippen molar-refractivity contribution in [2.24, 2.45) is 5.92 Å². The predicted molar refractivity (Wildman–Crippen MR) is 82.7 cm³/mol. The molecule has 0 bridgehead atoms. The van der Waals surface area contributed by atoms with Gasteiger partial charge in [-0.05, 0) is 33.1 Å². The summed E-state index contributed by atoms with van der Waals surface area (Å²) >= 11 is 0. The zero-order chi connectivity index (χ0) is 16.0. The number of nitrogens with zero attached hydrogens (tertiary/aromatic N) is 1. The molecule has 21 heavy (non-hydrogen) atoms. The van der Waals surface area contributed by atoms with E-state index in [1.54, 1.807) is 0 Å². The average Bonchev–Trinajstić information content (AvgIpc) is 2.35. The molecule has 0 saturated carbocycles. The number of ether oxygens (including phenoxy) is 1. The second-order valence-electron chi connectivity index (χ2n) is 7.01. The van der Waals surface area contributed by atoms with Gasteiger partial charge in [0.05, 0.1) is 11.6 Å². The van der Waals surface area contributed by atoms with Gasteiger partial charge in [0.25, 0.3) is 0 Å². The first kappa shape index (κ1) is 18.4. The van der Waals surface area contributed by atoms with Crippen LogP contribution in [0.4, 0.5) is 0 Å². The fourth-order valence-corrected chi connectivity index (χ4v) is 2.36. The van der Waals surface area contributed by atoms with Crippen molar-refractivity contribution in [2.75, 3.05) is 26.2 Å². The van der Waals surface area contributed by atoms with Gasteiger partial charge in [0, 0.05) is 26.2 Å². The molecule has 1 aliphatic heterocycles. The number of amides is 1. The third-order valence-electron chi connectivity index (χ3n) is 3.24. The molecule has 1 heterocycles. The molecule has 0 spiro atoms. The molecule has 0 aromatic rings. The molecule has 0 aliphatic carbocycles. The highest BCUT2D eigenvalue weighted by Gasteiger charge is 2.29. The number of carbonyl (C=O) groups is 1. The molecule has 124 valence electrons. The molecule has 0 aromatic carbocycles. The Morgan fingerprint density at radius 2 is 1.90 bits per heavy atom. The van der Waals surface area contributed by atoms with Gasteiger partial charge in [0.15, 0.2) is 0 Å². The molecular weight excluding hydrogens is 270 g/mol. The Morgan fingerprint density at radius 1 is 1.33 bits per heavy atom. The standard InChI is InChI=1S/C15H31N3O3/c1-11(2)10-12(17-14(20)21-15(3,4)5)13(19)18-8-6-16-7-9-18/h11-12,14,16-17,20H,6-10H2,1-5H3/t12-,14?/m0/s1. The van der Waals surface area contributed by atoms with Crippen molar-refractivity contribution in [2.45, 2.75) is 59.1 Å². The molecule has 1 rings (SSSR count). The van der Waals surface area contributed by atoms with Crippen LogP contribution in [0.3, 0.4) is 0 Å².